The van der Waals surface area contributed by atoms with Crippen LogP contribution in [-0.4, -0.2) is 50.1 Å². The summed E-state index contributed by atoms with van der Waals surface area (Å²) in [5.41, 5.74) is 1.28. The van der Waals surface area contributed by atoms with E-state index in [2.05, 4.69) is 46.3 Å². The molecule has 1 aliphatic heterocycles. The van der Waals surface area contributed by atoms with Gasteiger partial charge in [0.05, 0.1) is 6.54 Å². The van der Waals surface area contributed by atoms with E-state index in [1.165, 1.54) is 5.69 Å². The highest BCUT2D eigenvalue weighted by atomic mass is 16.2. The minimum Gasteiger partial charge on any atom is -0.369 e. The molecular weight excluding hydrogens is 250 g/mol. The molecule has 1 N–H and O–H groups in total. The maximum absolute atomic E-state index is 11.8. The number of rotatable bonds is 6. The van der Waals surface area contributed by atoms with Gasteiger partial charge in [0.15, 0.2) is 0 Å². The van der Waals surface area contributed by atoms with E-state index < -0.39 is 0 Å². The number of carbonyl (C=O) groups excluding carboxylic acids is 1. The van der Waals surface area contributed by atoms with Gasteiger partial charge in [0, 0.05) is 38.4 Å². The average Bonchev–Trinajstić information content (AvgIpc) is 2.49. The summed E-state index contributed by atoms with van der Waals surface area (Å²) in [7, 11) is 0. The molecule has 0 atom stereocenters. The van der Waals surface area contributed by atoms with Gasteiger partial charge in [0.2, 0.25) is 5.91 Å². The van der Waals surface area contributed by atoms with Crippen molar-refractivity contribution < 1.29 is 4.79 Å². The third-order valence-corrected chi connectivity index (χ3v) is 3.71. The number of hydrogen-bond acceptors (Lipinski definition) is 3. The fraction of sp³-hybridized carbons (Fsp3) is 0.562. The van der Waals surface area contributed by atoms with Crippen molar-refractivity contribution in [3.8, 4) is 0 Å². The van der Waals surface area contributed by atoms with Crippen LogP contribution in [0.4, 0.5) is 5.69 Å². The molecule has 0 saturated carbocycles. The third kappa shape index (κ3) is 4.53. The molecule has 1 aromatic rings. The van der Waals surface area contributed by atoms with Crippen molar-refractivity contribution in [1.29, 1.82) is 0 Å². The summed E-state index contributed by atoms with van der Waals surface area (Å²) in [4.78, 5) is 16.4. The predicted octanol–water partition coefficient (Wildman–Crippen LogP) is 1.72. The molecule has 1 aromatic carbocycles. The number of nitrogens with zero attached hydrogens (tertiary/aromatic N) is 2. The van der Waals surface area contributed by atoms with Gasteiger partial charge in [-0.3, -0.25) is 9.69 Å². The minimum absolute atomic E-state index is 0.159. The van der Waals surface area contributed by atoms with Crippen LogP contribution in [0.15, 0.2) is 30.3 Å². The first-order valence-corrected chi connectivity index (χ1v) is 7.58. The average molecular weight is 275 g/mol. The molecule has 4 heteroatoms. The Morgan fingerprint density at radius 2 is 1.85 bits per heavy atom. The summed E-state index contributed by atoms with van der Waals surface area (Å²) in [6, 6.07) is 10.5. The molecule has 1 saturated heterocycles. The summed E-state index contributed by atoms with van der Waals surface area (Å²) in [6.07, 6.45) is 2.18. The van der Waals surface area contributed by atoms with E-state index in [0.29, 0.717) is 6.54 Å². The monoisotopic (exact) mass is 275 g/mol. The number of nitrogens with one attached hydrogen (secondary N) is 1. The molecule has 0 bridgehead atoms. The number of anilines is 1. The van der Waals surface area contributed by atoms with Gasteiger partial charge in [-0.05, 0) is 18.6 Å². The van der Waals surface area contributed by atoms with E-state index in [0.717, 1.165) is 45.6 Å². The quantitative estimate of drug-likeness (QED) is 0.803. The van der Waals surface area contributed by atoms with Gasteiger partial charge in [0.1, 0.15) is 0 Å². The van der Waals surface area contributed by atoms with Crippen LogP contribution in [0.3, 0.4) is 0 Å². The van der Waals surface area contributed by atoms with E-state index in [-0.39, 0.29) is 5.91 Å². The molecule has 110 valence electrons. The van der Waals surface area contributed by atoms with Gasteiger partial charge in [-0.25, -0.2) is 0 Å². The molecule has 2 rings (SSSR count). The molecule has 1 aliphatic rings. The number of piperazine rings is 1. The van der Waals surface area contributed by atoms with E-state index in [9.17, 15) is 4.79 Å². The lowest BCUT2D eigenvalue weighted by molar-refractivity contribution is -0.122. The Bertz CT molecular complexity index is 399. The number of benzene rings is 1. The zero-order valence-corrected chi connectivity index (χ0v) is 12.3. The van der Waals surface area contributed by atoms with Crippen LogP contribution in [0.1, 0.15) is 19.8 Å². The Hall–Kier alpha value is -1.55. The maximum Gasteiger partial charge on any atom is 0.234 e. The number of hydrogen-bond donors (Lipinski definition) is 1. The largest absolute Gasteiger partial charge is 0.369 e. The first-order valence-electron chi connectivity index (χ1n) is 7.58. The van der Waals surface area contributed by atoms with Crippen molar-refractivity contribution in [3.05, 3.63) is 30.3 Å². The van der Waals surface area contributed by atoms with Gasteiger partial charge in [0.25, 0.3) is 0 Å². The van der Waals surface area contributed by atoms with Gasteiger partial charge in [-0.15, -0.1) is 0 Å². The minimum atomic E-state index is 0.159. The van der Waals surface area contributed by atoms with Crippen molar-refractivity contribution in [1.82, 2.24) is 10.2 Å². The van der Waals surface area contributed by atoms with Crippen LogP contribution in [0, 0.1) is 0 Å². The van der Waals surface area contributed by atoms with Crippen molar-refractivity contribution in [2.24, 2.45) is 0 Å². The van der Waals surface area contributed by atoms with Crippen LogP contribution < -0.4 is 10.2 Å². The summed E-state index contributed by atoms with van der Waals surface area (Å²) in [6.45, 7) is 7.37. The van der Waals surface area contributed by atoms with Crippen LogP contribution in [0.25, 0.3) is 0 Å². The number of unbranched alkanes of at least 4 members (excludes halogenated alkanes) is 1. The standard InChI is InChI=1S/C16H25N3O/c1-2-3-9-17-16(20)14-18-10-12-19(13-11-18)15-7-5-4-6-8-15/h4-8H,2-3,9-14H2,1H3,(H,17,20). The molecule has 20 heavy (non-hydrogen) atoms. The Morgan fingerprint density at radius 1 is 1.15 bits per heavy atom. The smallest absolute Gasteiger partial charge is 0.234 e. The Labute approximate surface area is 121 Å². The fourth-order valence-electron chi connectivity index (χ4n) is 2.47. The molecule has 1 heterocycles. The van der Waals surface area contributed by atoms with E-state index >= 15 is 0 Å². The zero-order valence-electron chi connectivity index (χ0n) is 12.3. The highest BCUT2D eigenvalue weighted by Gasteiger charge is 2.18. The van der Waals surface area contributed by atoms with Crippen LogP contribution in [0.2, 0.25) is 0 Å². The lowest BCUT2D eigenvalue weighted by atomic mass is 10.2. The van der Waals surface area contributed by atoms with Gasteiger partial charge in [-0.1, -0.05) is 31.5 Å². The Balaban J connectivity index is 1.70. The summed E-state index contributed by atoms with van der Waals surface area (Å²) in [5.74, 6) is 0.159. The van der Waals surface area contributed by atoms with Crippen molar-refractivity contribution in [2.45, 2.75) is 19.8 Å². The van der Waals surface area contributed by atoms with Crippen molar-refractivity contribution >= 4 is 11.6 Å². The molecule has 1 fully saturated rings. The molecule has 0 spiro atoms. The highest BCUT2D eigenvalue weighted by Crippen LogP contribution is 2.15. The summed E-state index contributed by atoms with van der Waals surface area (Å²) < 4.78 is 0. The van der Waals surface area contributed by atoms with Gasteiger partial charge in [-0.2, -0.15) is 0 Å². The van der Waals surface area contributed by atoms with E-state index in [4.69, 9.17) is 0 Å². The summed E-state index contributed by atoms with van der Waals surface area (Å²) >= 11 is 0. The second-order valence-electron chi connectivity index (χ2n) is 5.30. The van der Waals surface area contributed by atoms with Gasteiger partial charge < -0.3 is 10.2 Å². The second kappa shape index (κ2) is 7.90. The fourth-order valence-corrected chi connectivity index (χ4v) is 2.47. The maximum atomic E-state index is 11.8. The second-order valence-corrected chi connectivity index (χ2v) is 5.30. The first-order chi connectivity index (χ1) is 9.79. The lowest BCUT2D eigenvalue weighted by Crippen LogP contribution is -2.49. The van der Waals surface area contributed by atoms with Crippen molar-refractivity contribution in [2.75, 3.05) is 44.2 Å². The molecule has 0 aromatic heterocycles. The lowest BCUT2D eigenvalue weighted by Gasteiger charge is -2.35. The molecule has 0 radical (unpaired) electrons. The number of para-hydroxylation sites is 1. The molecule has 0 aliphatic carbocycles. The topological polar surface area (TPSA) is 35.6 Å². The Morgan fingerprint density at radius 3 is 2.50 bits per heavy atom. The zero-order chi connectivity index (χ0) is 14.2. The molecular formula is C16H25N3O. The van der Waals surface area contributed by atoms with Crippen molar-refractivity contribution in [3.63, 3.8) is 0 Å². The summed E-state index contributed by atoms with van der Waals surface area (Å²) in [5, 5.41) is 2.98. The predicted molar refractivity (Wildman–Crippen MR) is 83.0 cm³/mol. The van der Waals surface area contributed by atoms with Crippen LogP contribution >= 0.6 is 0 Å². The van der Waals surface area contributed by atoms with E-state index in [1.54, 1.807) is 0 Å². The van der Waals surface area contributed by atoms with Gasteiger partial charge >= 0.3 is 0 Å². The molecule has 4 nitrogen and oxygen atoms in total. The number of carbonyl (C=O) groups is 1. The first kappa shape index (κ1) is 14.9. The number of amides is 1. The molecule has 1 amide bonds. The SMILES string of the molecule is CCCCNC(=O)CN1CCN(c2ccccc2)CC1. The third-order valence-electron chi connectivity index (χ3n) is 3.71. The Kier molecular flexibility index (Phi) is 5.87. The highest BCUT2D eigenvalue weighted by molar-refractivity contribution is 5.78. The normalized spacial score (nSPS) is 16.1. The van der Waals surface area contributed by atoms with E-state index in [1.807, 2.05) is 6.07 Å². The van der Waals surface area contributed by atoms with Crippen LogP contribution in [0.5, 0.6) is 0 Å². The van der Waals surface area contributed by atoms with Crippen LogP contribution in [-0.2, 0) is 4.79 Å². The molecule has 0 unspecified atom stereocenters.